The van der Waals surface area contributed by atoms with Crippen molar-refractivity contribution in [2.75, 3.05) is 0 Å². The van der Waals surface area contributed by atoms with E-state index in [-0.39, 0.29) is 0 Å². The summed E-state index contributed by atoms with van der Waals surface area (Å²) in [4.78, 5) is 9.06. The van der Waals surface area contributed by atoms with Crippen LogP contribution in [0.15, 0.2) is 65.5 Å². The van der Waals surface area contributed by atoms with Gasteiger partial charge in [-0.1, -0.05) is 28.1 Å². The first-order valence-corrected chi connectivity index (χ1v) is 9.12. The largest absolute Gasteiger partial charge is 0.268 e. The van der Waals surface area contributed by atoms with Gasteiger partial charge in [0.05, 0.1) is 23.1 Å². The summed E-state index contributed by atoms with van der Waals surface area (Å²) < 4.78 is 3.18. The van der Waals surface area contributed by atoms with Crippen molar-refractivity contribution >= 4 is 26.8 Å². The molecular formula is C20H15BrN4. The zero-order chi connectivity index (χ0) is 16.8. The quantitative estimate of drug-likeness (QED) is 0.494. The Hall–Kier alpha value is -2.53. The molecule has 1 unspecified atom stereocenters. The second-order valence-electron chi connectivity index (χ2n) is 6.28. The van der Waals surface area contributed by atoms with Crippen molar-refractivity contribution in [3.63, 3.8) is 0 Å². The first-order chi connectivity index (χ1) is 12.3. The normalized spacial score (nSPS) is 16.3. The fourth-order valence-electron chi connectivity index (χ4n) is 3.80. The molecule has 0 spiro atoms. The van der Waals surface area contributed by atoms with Gasteiger partial charge in [-0.25, -0.2) is 0 Å². The average Bonchev–Trinajstić information content (AvgIpc) is 3.24. The van der Waals surface area contributed by atoms with Crippen LogP contribution in [0.1, 0.15) is 23.6 Å². The molecule has 0 bridgehead atoms. The lowest BCUT2D eigenvalue weighted by atomic mass is 9.90. The number of hydrogen-bond acceptors (Lipinski definition) is 3. The Morgan fingerprint density at radius 3 is 2.88 bits per heavy atom. The van der Waals surface area contributed by atoms with Gasteiger partial charge in [0, 0.05) is 40.3 Å². The molecule has 0 radical (unpaired) electrons. The van der Waals surface area contributed by atoms with Crippen LogP contribution in [0.25, 0.3) is 22.2 Å². The first kappa shape index (κ1) is 14.8. The molecule has 4 aromatic rings. The zero-order valence-electron chi connectivity index (χ0n) is 13.4. The second-order valence-corrected chi connectivity index (χ2v) is 7.20. The van der Waals surface area contributed by atoms with Gasteiger partial charge in [-0.3, -0.25) is 14.6 Å². The van der Waals surface area contributed by atoms with E-state index in [1.54, 1.807) is 0 Å². The van der Waals surface area contributed by atoms with Crippen LogP contribution in [0.2, 0.25) is 0 Å². The molecule has 1 aliphatic rings. The van der Waals surface area contributed by atoms with E-state index < -0.39 is 0 Å². The molecule has 5 heteroatoms. The molecule has 0 N–H and O–H groups in total. The van der Waals surface area contributed by atoms with Crippen molar-refractivity contribution in [3.8, 4) is 11.3 Å². The van der Waals surface area contributed by atoms with E-state index in [0.717, 1.165) is 34.2 Å². The molecular weight excluding hydrogens is 376 g/mol. The Kier molecular flexibility index (Phi) is 3.41. The molecule has 3 aromatic heterocycles. The van der Waals surface area contributed by atoms with Crippen LogP contribution in [0, 0.1) is 0 Å². The fraction of sp³-hybridized carbons (Fsp3) is 0.150. The van der Waals surface area contributed by atoms with Gasteiger partial charge in [0.2, 0.25) is 0 Å². The van der Waals surface area contributed by atoms with Crippen LogP contribution in [0.3, 0.4) is 0 Å². The molecule has 0 fully saturated rings. The van der Waals surface area contributed by atoms with E-state index in [2.05, 4.69) is 66.0 Å². The fourth-order valence-corrected chi connectivity index (χ4v) is 4.15. The summed E-state index contributed by atoms with van der Waals surface area (Å²) in [5, 5.41) is 5.80. The number of nitrogens with zero attached hydrogens (tertiary/aromatic N) is 4. The molecule has 25 heavy (non-hydrogen) atoms. The molecule has 0 amide bonds. The minimum atomic E-state index is 0.311. The SMILES string of the molecule is Brc1ccc2c(C3CCn4ncc(-c5ccccn5)c43)ccnc2c1. The molecule has 5 rings (SSSR count). The molecule has 1 aliphatic heterocycles. The van der Waals surface area contributed by atoms with Crippen molar-refractivity contribution < 1.29 is 0 Å². The summed E-state index contributed by atoms with van der Waals surface area (Å²) in [6.07, 6.45) is 6.74. The van der Waals surface area contributed by atoms with Gasteiger partial charge in [-0.15, -0.1) is 0 Å². The summed E-state index contributed by atoms with van der Waals surface area (Å²) in [5.74, 6) is 0.311. The Labute approximate surface area is 153 Å². The summed E-state index contributed by atoms with van der Waals surface area (Å²) in [6, 6.07) is 14.5. The second kappa shape index (κ2) is 5.77. The molecule has 0 saturated carbocycles. The van der Waals surface area contributed by atoms with Crippen molar-refractivity contribution in [2.45, 2.75) is 18.9 Å². The predicted octanol–water partition coefficient (Wildman–Crippen LogP) is 4.79. The Morgan fingerprint density at radius 2 is 2.00 bits per heavy atom. The highest BCUT2D eigenvalue weighted by atomic mass is 79.9. The standard InChI is InChI=1S/C20H15BrN4/c21-13-4-5-15-14(6-9-23-19(15)11-13)16-7-10-25-20(16)17(12-24-25)18-3-1-2-8-22-18/h1-6,8-9,11-12,16H,7,10H2. The zero-order valence-corrected chi connectivity index (χ0v) is 15.0. The number of aromatic nitrogens is 4. The molecule has 4 nitrogen and oxygen atoms in total. The molecule has 122 valence electrons. The van der Waals surface area contributed by atoms with Crippen LogP contribution < -0.4 is 0 Å². The number of hydrogen-bond donors (Lipinski definition) is 0. The number of fused-ring (bicyclic) bond motifs is 2. The number of rotatable bonds is 2. The van der Waals surface area contributed by atoms with Crippen molar-refractivity contribution in [1.29, 1.82) is 0 Å². The highest BCUT2D eigenvalue weighted by molar-refractivity contribution is 9.10. The van der Waals surface area contributed by atoms with Gasteiger partial charge in [-0.2, -0.15) is 5.10 Å². The van der Waals surface area contributed by atoms with Crippen LogP contribution in [0.4, 0.5) is 0 Å². The van der Waals surface area contributed by atoms with E-state index >= 15 is 0 Å². The van der Waals surface area contributed by atoms with Gasteiger partial charge >= 0.3 is 0 Å². The molecule has 4 heterocycles. The lowest BCUT2D eigenvalue weighted by Crippen LogP contribution is -2.01. The molecule has 1 atom stereocenters. The lowest BCUT2D eigenvalue weighted by Gasteiger charge is -2.14. The van der Waals surface area contributed by atoms with Crippen molar-refractivity contribution in [2.24, 2.45) is 0 Å². The van der Waals surface area contributed by atoms with Gasteiger partial charge < -0.3 is 0 Å². The van der Waals surface area contributed by atoms with Gasteiger partial charge in [-0.05, 0) is 42.3 Å². The Morgan fingerprint density at radius 1 is 1.04 bits per heavy atom. The third kappa shape index (κ3) is 2.38. The van der Waals surface area contributed by atoms with E-state index in [1.807, 2.05) is 30.7 Å². The number of halogens is 1. The Bertz CT molecular complexity index is 1070. The van der Waals surface area contributed by atoms with Gasteiger partial charge in [0.15, 0.2) is 0 Å². The average molecular weight is 391 g/mol. The molecule has 1 aromatic carbocycles. The topological polar surface area (TPSA) is 43.6 Å². The molecule has 0 saturated heterocycles. The summed E-state index contributed by atoms with van der Waals surface area (Å²) in [6.45, 7) is 0.938. The van der Waals surface area contributed by atoms with Gasteiger partial charge in [0.25, 0.3) is 0 Å². The van der Waals surface area contributed by atoms with Crippen LogP contribution in [0.5, 0.6) is 0 Å². The Balaban J connectivity index is 1.69. The van der Waals surface area contributed by atoms with Gasteiger partial charge in [0.1, 0.15) is 0 Å². The number of pyridine rings is 2. The highest BCUT2D eigenvalue weighted by Gasteiger charge is 2.30. The minimum Gasteiger partial charge on any atom is -0.268 e. The first-order valence-electron chi connectivity index (χ1n) is 8.32. The maximum atomic E-state index is 4.60. The maximum absolute atomic E-state index is 4.60. The van der Waals surface area contributed by atoms with Crippen LogP contribution >= 0.6 is 15.9 Å². The van der Waals surface area contributed by atoms with Crippen molar-refractivity contribution in [1.82, 2.24) is 19.7 Å². The third-order valence-electron chi connectivity index (χ3n) is 4.89. The summed E-state index contributed by atoms with van der Waals surface area (Å²) in [5.41, 5.74) is 5.70. The van der Waals surface area contributed by atoms with Crippen molar-refractivity contribution in [3.05, 3.63) is 76.8 Å². The van der Waals surface area contributed by atoms with E-state index in [0.29, 0.717) is 5.92 Å². The predicted molar refractivity (Wildman–Crippen MR) is 101 cm³/mol. The van der Waals surface area contributed by atoms with E-state index in [4.69, 9.17) is 0 Å². The summed E-state index contributed by atoms with van der Waals surface area (Å²) in [7, 11) is 0. The summed E-state index contributed by atoms with van der Waals surface area (Å²) >= 11 is 3.54. The van der Waals surface area contributed by atoms with Crippen LogP contribution in [-0.2, 0) is 6.54 Å². The maximum Gasteiger partial charge on any atom is 0.0736 e. The minimum absolute atomic E-state index is 0.311. The van der Waals surface area contributed by atoms with Crippen LogP contribution in [-0.4, -0.2) is 19.7 Å². The third-order valence-corrected chi connectivity index (χ3v) is 5.39. The van der Waals surface area contributed by atoms with E-state index in [9.17, 15) is 0 Å². The highest BCUT2D eigenvalue weighted by Crippen LogP contribution is 2.41. The number of aryl methyl sites for hydroxylation is 1. The van der Waals surface area contributed by atoms with E-state index in [1.165, 1.54) is 16.6 Å². The molecule has 0 aliphatic carbocycles. The monoisotopic (exact) mass is 390 g/mol. The lowest BCUT2D eigenvalue weighted by molar-refractivity contribution is 0.649. The number of benzene rings is 1. The smallest absolute Gasteiger partial charge is 0.0736 e.